The van der Waals surface area contributed by atoms with Crippen LogP contribution in [0.1, 0.15) is 45.6 Å². The molecule has 1 aliphatic rings. The van der Waals surface area contributed by atoms with Crippen molar-refractivity contribution >= 4 is 13.2 Å². The number of hydrogen-bond donors (Lipinski definition) is 0. The Bertz CT molecular complexity index is 619. The van der Waals surface area contributed by atoms with Crippen molar-refractivity contribution in [3.8, 4) is 0 Å². The third-order valence-electron chi connectivity index (χ3n) is 5.96. The summed E-state index contributed by atoms with van der Waals surface area (Å²) >= 11 is 0. The van der Waals surface area contributed by atoms with E-state index in [9.17, 15) is 0 Å². The van der Waals surface area contributed by atoms with E-state index in [1.165, 1.54) is 37.4 Å². The maximum atomic E-state index is 2.47. The second kappa shape index (κ2) is 9.00. The van der Waals surface area contributed by atoms with E-state index in [0.717, 1.165) is 23.4 Å². The molecule has 0 aliphatic heterocycles. The van der Waals surface area contributed by atoms with E-state index < -0.39 is 0 Å². The maximum Gasteiger partial charge on any atom is -0.0136 e. The smallest absolute Gasteiger partial charge is 0.0136 e. The molecule has 4 atom stereocenters. The summed E-state index contributed by atoms with van der Waals surface area (Å²) in [4.78, 5) is 0. The molecule has 134 valence electrons. The van der Waals surface area contributed by atoms with Gasteiger partial charge >= 0.3 is 0 Å². The highest BCUT2D eigenvalue weighted by atomic mass is 31.1. The van der Waals surface area contributed by atoms with E-state index >= 15 is 0 Å². The Balaban J connectivity index is 1.84. The molecule has 0 nitrogen and oxygen atoms in total. The Morgan fingerprint density at radius 3 is 2.20 bits per heavy atom. The molecule has 0 bridgehead atoms. The predicted octanol–water partition coefficient (Wildman–Crippen LogP) is 6.50. The average Bonchev–Trinajstić information content (AvgIpc) is 2.63. The average molecular weight is 353 g/mol. The molecular weight excluding hydrogens is 319 g/mol. The van der Waals surface area contributed by atoms with Crippen molar-refractivity contribution < 1.29 is 0 Å². The summed E-state index contributed by atoms with van der Waals surface area (Å²) in [6, 6.07) is 22.5. The summed E-state index contributed by atoms with van der Waals surface area (Å²) < 4.78 is 0. The first-order chi connectivity index (χ1) is 12.1. The lowest BCUT2D eigenvalue weighted by molar-refractivity contribution is 0.241. The van der Waals surface area contributed by atoms with Crippen molar-refractivity contribution in [1.82, 2.24) is 0 Å². The Morgan fingerprint density at radius 1 is 0.920 bits per heavy atom. The Kier molecular flexibility index (Phi) is 6.71. The largest absolute Gasteiger partial charge is 0.0715 e. The van der Waals surface area contributed by atoms with Crippen LogP contribution in [0.3, 0.4) is 0 Å². The number of hydrogen-bond acceptors (Lipinski definition) is 0. The van der Waals surface area contributed by atoms with Crippen LogP contribution in [-0.2, 0) is 6.42 Å². The summed E-state index contributed by atoms with van der Waals surface area (Å²) in [5, 5.41) is 1.62. The van der Waals surface area contributed by atoms with Crippen molar-refractivity contribution in [2.24, 2.45) is 17.8 Å². The van der Waals surface area contributed by atoms with Crippen molar-refractivity contribution in [3.63, 3.8) is 0 Å². The molecule has 2 aromatic rings. The molecule has 2 aromatic carbocycles. The van der Waals surface area contributed by atoms with E-state index in [1.807, 2.05) is 0 Å². The molecule has 1 aliphatic carbocycles. The molecule has 3 rings (SSSR count). The zero-order chi connectivity index (χ0) is 17.6. The van der Waals surface area contributed by atoms with E-state index in [-0.39, 0.29) is 7.92 Å². The molecular formula is C24H33P. The fourth-order valence-electron chi connectivity index (χ4n) is 4.51. The third-order valence-corrected chi connectivity index (χ3v) is 9.02. The number of aryl methyl sites for hydroxylation is 1. The van der Waals surface area contributed by atoms with Gasteiger partial charge in [-0.2, -0.15) is 0 Å². The van der Waals surface area contributed by atoms with Gasteiger partial charge in [0.15, 0.2) is 0 Å². The molecule has 0 aromatic heterocycles. The summed E-state index contributed by atoms with van der Waals surface area (Å²) in [5.74, 6) is 2.60. The van der Waals surface area contributed by atoms with Crippen molar-refractivity contribution in [2.75, 3.05) is 6.16 Å². The van der Waals surface area contributed by atoms with Crippen LogP contribution in [-0.4, -0.2) is 11.8 Å². The van der Waals surface area contributed by atoms with Gasteiger partial charge in [-0.25, -0.2) is 0 Å². The minimum Gasteiger partial charge on any atom is -0.0715 e. The zero-order valence-corrected chi connectivity index (χ0v) is 17.0. The molecule has 0 heterocycles. The maximum absolute atomic E-state index is 2.47. The van der Waals surface area contributed by atoms with Gasteiger partial charge in [0.1, 0.15) is 0 Å². The highest BCUT2D eigenvalue weighted by Crippen LogP contribution is 2.52. The molecule has 1 fully saturated rings. The summed E-state index contributed by atoms with van der Waals surface area (Å²) in [6.45, 7) is 7.37. The van der Waals surface area contributed by atoms with E-state index in [0.29, 0.717) is 0 Å². The van der Waals surface area contributed by atoms with Crippen LogP contribution in [0, 0.1) is 17.8 Å². The minimum absolute atomic E-state index is 0.0960. The molecule has 0 N–H and O–H groups in total. The normalized spacial score (nSPS) is 25.0. The Morgan fingerprint density at radius 2 is 1.56 bits per heavy atom. The summed E-state index contributed by atoms with van der Waals surface area (Å²) in [5.41, 5.74) is 2.39. The fraction of sp³-hybridized carbons (Fsp3) is 0.500. The first kappa shape index (κ1) is 18.7. The first-order valence-corrected chi connectivity index (χ1v) is 11.6. The molecule has 0 saturated heterocycles. The Hall–Kier alpha value is -1.13. The lowest BCUT2D eigenvalue weighted by Gasteiger charge is -2.42. The number of rotatable bonds is 6. The quantitative estimate of drug-likeness (QED) is 0.521. The molecule has 0 amide bonds. The SMILES string of the molecule is CC1CCC(C(C)C)C(P(CCc2ccccc2)c2ccccc2)C1. The standard InChI is InChI=1S/C24H33P/c1-19(2)23-15-14-20(3)18-24(23)25(22-12-8-5-9-13-22)17-16-21-10-6-4-7-11-21/h4-13,19-20,23-24H,14-18H2,1-3H3. The minimum atomic E-state index is -0.0960. The van der Waals surface area contributed by atoms with Gasteiger partial charge < -0.3 is 0 Å². The Labute approximate surface area is 155 Å². The second-order valence-corrected chi connectivity index (χ2v) is 10.7. The predicted molar refractivity (Wildman–Crippen MR) is 113 cm³/mol. The van der Waals surface area contributed by atoms with Crippen LogP contribution in [0.25, 0.3) is 0 Å². The molecule has 1 saturated carbocycles. The lowest BCUT2D eigenvalue weighted by atomic mass is 9.77. The van der Waals surface area contributed by atoms with Crippen molar-refractivity contribution in [3.05, 3.63) is 66.2 Å². The summed E-state index contributed by atoms with van der Waals surface area (Å²) in [6.07, 6.45) is 6.84. The molecule has 0 radical (unpaired) electrons. The van der Waals surface area contributed by atoms with Gasteiger partial charge in [-0.1, -0.05) is 95.8 Å². The van der Waals surface area contributed by atoms with Crippen LogP contribution < -0.4 is 5.30 Å². The highest BCUT2D eigenvalue weighted by molar-refractivity contribution is 7.66. The van der Waals surface area contributed by atoms with Gasteiger partial charge in [-0.05, 0) is 59.7 Å². The van der Waals surface area contributed by atoms with Crippen LogP contribution in [0.5, 0.6) is 0 Å². The monoisotopic (exact) mass is 352 g/mol. The van der Waals surface area contributed by atoms with Crippen LogP contribution in [0.4, 0.5) is 0 Å². The van der Waals surface area contributed by atoms with Crippen LogP contribution in [0.2, 0.25) is 0 Å². The topological polar surface area (TPSA) is 0 Å². The van der Waals surface area contributed by atoms with E-state index in [2.05, 4.69) is 81.4 Å². The van der Waals surface area contributed by atoms with E-state index in [4.69, 9.17) is 0 Å². The van der Waals surface area contributed by atoms with Crippen LogP contribution >= 0.6 is 7.92 Å². The van der Waals surface area contributed by atoms with Gasteiger partial charge in [-0.15, -0.1) is 0 Å². The first-order valence-electron chi connectivity index (χ1n) is 10.0. The van der Waals surface area contributed by atoms with Gasteiger partial charge in [0, 0.05) is 0 Å². The molecule has 4 unspecified atom stereocenters. The van der Waals surface area contributed by atoms with Gasteiger partial charge in [0.05, 0.1) is 0 Å². The van der Waals surface area contributed by atoms with Crippen LogP contribution in [0.15, 0.2) is 60.7 Å². The van der Waals surface area contributed by atoms with E-state index in [1.54, 1.807) is 5.30 Å². The van der Waals surface area contributed by atoms with Gasteiger partial charge in [-0.3, -0.25) is 0 Å². The summed E-state index contributed by atoms with van der Waals surface area (Å²) in [7, 11) is -0.0960. The number of benzene rings is 2. The van der Waals surface area contributed by atoms with Gasteiger partial charge in [0.2, 0.25) is 0 Å². The fourth-order valence-corrected chi connectivity index (χ4v) is 8.11. The highest BCUT2D eigenvalue weighted by Gasteiger charge is 2.36. The molecule has 1 heteroatoms. The van der Waals surface area contributed by atoms with Crippen molar-refractivity contribution in [1.29, 1.82) is 0 Å². The lowest BCUT2D eigenvalue weighted by Crippen LogP contribution is -2.34. The zero-order valence-electron chi connectivity index (χ0n) is 16.1. The molecule has 25 heavy (non-hydrogen) atoms. The second-order valence-electron chi connectivity index (χ2n) is 8.16. The third kappa shape index (κ3) is 4.95. The van der Waals surface area contributed by atoms with Gasteiger partial charge in [0.25, 0.3) is 0 Å². The van der Waals surface area contributed by atoms with Crippen molar-refractivity contribution in [2.45, 2.75) is 52.1 Å². The molecule has 0 spiro atoms.